The fraction of sp³-hybridized carbons (Fsp3) is 0.684. The number of amides is 1. The zero-order chi connectivity index (χ0) is 21.8. The summed E-state index contributed by atoms with van der Waals surface area (Å²) in [4.78, 5) is 26.7. The van der Waals surface area contributed by atoms with E-state index in [-0.39, 0.29) is 11.5 Å². The van der Waals surface area contributed by atoms with E-state index in [9.17, 15) is 18.0 Å². The number of halogens is 3. The third-order valence-corrected chi connectivity index (χ3v) is 6.05. The largest absolute Gasteiger partial charge is 0.490 e. The summed E-state index contributed by atoms with van der Waals surface area (Å²) in [5, 5.41) is 9.12. The van der Waals surface area contributed by atoms with E-state index in [4.69, 9.17) is 14.6 Å². The fourth-order valence-corrected chi connectivity index (χ4v) is 4.60. The standard InChI is InChI=1S/C17H26N2O2S.C2HF3O2/c1-13-6-10-22-15(13)16(20)19-9-8-17(12-19)7-4-5-14(21-17)11-18(2)3;3-2(4,5)1(6)7/h6,10,14H,4-5,7-9,11-12H2,1-3H3;(H,6,7)/t14-,17+;/m0./s1. The summed E-state index contributed by atoms with van der Waals surface area (Å²) >= 11 is 1.55. The van der Waals surface area contributed by atoms with E-state index in [1.165, 1.54) is 6.42 Å². The molecule has 0 bridgehead atoms. The molecule has 0 saturated carbocycles. The molecule has 2 saturated heterocycles. The molecule has 0 unspecified atom stereocenters. The van der Waals surface area contributed by atoms with Gasteiger partial charge in [0.2, 0.25) is 0 Å². The number of hydrogen-bond donors (Lipinski definition) is 1. The highest BCUT2D eigenvalue weighted by molar-refractivity contribution is 7.12. The van der Waals surface area contributed by atoms with Crippen LogP contribution in [0.1, 0.15) is 40.9 Å². The molecule has 2 aliphatic rings. The maximum Gasteiger partial charge on any atom is 0.490 e. The Labute approximate surface area is 172 Å². The van der Waals surface area contributed by atoms with Gasteiger partial charge in [0.1, 0.15) is 0 Å². The number of carboxylic acid groups (broad SMARTS) is 1. The Morgan fingerprint density at radius 1 is 1.38 bits per heavy atom. The van der Waals surface area contributed by atoms with Crippen molar-refractivity contribution in [2.24, 2.45) is 0 Å². The van der Waals surface area contributed by atoms with Crippen LogP contribution in [-0.2, 0) is 9.53 Å². The van der Waals surface area contributed by atoms with Gasteiger partial charge in [0.05, 0.1) is 23.1 Å². The molecule has 1 aromatic heterocycles. The minimum atomic E-state index is -5.08. The van der Waals surface area contributed by atoms with Gasteiger partial charge >= 0.3 is 12.1 Å². The zero-order valence-corrected chi connectivity index (χ0v) is 17.6. The lowest BCUT2D eigenvalue weighted by molar-refractivity contribution is -0.192. The number of likely N-dealkylation sites (tertiary alicyclic amines) is 1. The molecule has 1 spiro atoms. The maximum absolute atomic E-state index is 12.7. The number of carboxylic acids is 1. The number of thiophene rings is 1. The molecule has 2 fully saturated rings. The molecule has 0 aliphatic carbocycles. The van der Waals surface area contributed by atoms with Gasteiger partial charge in [-0.3, -0.25) is 4.79 Å². The fourth-order valence-electron chi connectivity index (χ4n) is 3.71. The molecule has 164 valence electrons. The van der Waals surface area contributed by atoms with Crippen LogP contribution in [0.2, 0.25) is 0 Å². The van der Waals surface area contributed by atoms with Crippen LogP contribution in [0, 0.1) is 6.92 Å². The number of hydrogen-bond acceptors (Lipinski definition) is 5. The lowest BCUT2D eigenvalue weighted by Crippen LogP contribution is -2.46. The molecule has 0 radical (unpaired) electrons. The minimum absolute atomic E-state index is 0.0975. The van der Waals surface area contributed by atoms with Crippen LogP contribution in [0.15, 0.2) is 11.4 Å². The smallest absolute Gasteiger partial charge is 0.475 e. The van der Waals surface area contributed by atoms with Crippen molar-refractivity contribution in [2.45, 2.75) is 50.5 Å². The molecule has 3 rings (SSSR count). The molecule has 6 nitrogen and oxygen atoms in total. The Morgan fingerprint density at radius 3 is 2.55 bits per heavy atom. The van der Waals surface area contributed by atoms with E-state index in [0.29, 0.717) is 6.10 Å². The van der Waals surface area contributed by atoms with E-state index >= 15 is 0 Å². The Hall–Kier alpha value is -1.65. The van der Waals surface area contributed by atoms with E-state index in [0.717, 1.165) is 49.3 Å². The number of aryl methyl sites for hydroxylation is 1. The van der Waals surface area contributed by atoms with Gasteiger partial charge < -0.3 is 19.6 Å². The van der Waals surface area contributed by atoms with Gasteiger partial charge in [-0.15, -0.1) is 11.3 Å². The Balaban J connectivity index is 0.000000370. The van der Waals surface area contributed by atoms with Crippen LogP contribution in [0.5, 0.6) is 0 Å². The molecular formula is C19H27F3N2O4S. The number of carbonyl (C=O) groups is 2. The highest BCUT2D eigenvalue weighted by atomic mass is 32.1. The molecule has 2 atom stereocenters. The summed E-state index contributed by atoms with van der Waals surface area (Å²) in [6, 6.07) is 2.02. The predicted molar refractivity (Wildman–Crippen MR) is 103 cm³/mol. The molecule has 0 aromatic carbocycles. The van der Waals surface area contributed by atoms with Crippen molar-refractivity contribution in [3.8, 4) is 0 Å². The van der Waals surface area contributed by atoms with E-state index in [1.54, 1.807) is 11.3 Å². The highest BCUT2D eigenvalue weighted by Gasteiger charge is 2.44. The maximum atomic E-state index is 12.7. The number of rotatable bonds is 3. The van der Waals surface area contributed by atoms with E-state index in [1.807, 2.05) is 23.3 Å². The monoisotopic (exact) mass is 436 g/mol. The second-order valence-corrected chi connectivity index (χ2v) is 8.71. The first-order chi connectivity index (χ1) is 13.4. The van der Waals surface area contributed by atoms with Gasteiger partial charge in [0.25, 0.3) is 5.91 Å². The number of alkyl halides is 3. The first-order valence-corrected chi connectivity index (χ1v) is 10.3. The average Bonchev–Trinajstić information content (AvgIpc) is 3.20. The van der Waals surface area contributed by atoms with Crippen LogP contribution in [0.4, 0.5) is 13.2 Å². The average molecular weight is 436 g/mol. The predicted octanol–water partition coefficient (Wildman–Crippen LogP) is 3.41. The van der Waals surface area contributed by atoms with Crippen molar-refractivity contribution >= 4 is 23.2 Å². The third kappa shape index (κ3) is 6.42. The SMILES string of the molecule is Cc1ccsc1C(=O)N1CC[C@]2(CCC[C@@H](CN(C)C)O2)C1.O=C(O)C(F)(F)F. The molecule has 10 heteroatoms. The van der Waals surface area contributed by atoms with Crippen molar-refractivity contribution in [2.75, 3.05) is 33.7 Å². The summed E-state index contributed by atoms with van der Waals surface area (Å²) in [7, 11) is 4.18. The van der Waals surface area contributed by atoms with Crippen LogP contribution in [-0.4, -0.2) is 78.4 Å². The van der Waals surface area contributed by atoms with Crippen LogP contribution >= 0.6 is 11.3 Å². The molecule has 2 aliphatic heterocycles. The Kier molecular flexibility index (Phi) is 7.69. The number of ether oxygens (including phenoxy) is 1. The number of likely N-dealkylation sites (N-methyl/N-ethyl adjacent to an activating group) is 1. The number of nitrogens with zero attached hydrogens (tertiary/aromatic N) is 2. The quantitative estimate of drug-likeness (QED) is 0.787. The summed E-state index contributed by atoms with van der Waals surface area (Å²) < 4.78 is 38.2. The van der Waals surface area contributed by atoms with Crippen molar-refractivity contribution < 1.29 is 32.6 Å². The normalized spacial score (nSPS) is 24.5. The zero-order valence-electron chi connectivity index (χ0n) is 16.8. The van der Waals surface area contributed by atoms with Crippen molar-refractivity contribution in [1.29, 1.82) is 0 Å². The first kappa shape index (κ1) is 23.6. The van der Waals surface area contributed by atoms with Crippen LogP contribution < -0.4 is 0 Å². The third-order valence-electron chi connectivity index (χ3n) is 5.05. The molecule has 29 heavy (non-hydrogen) atoms. The van der Waals surface area contributed by atoms with Gasteiger partial charge in [-0.25, -0.2) is 4.79 Å². The highest BCUT2D eigenvalue weighted by Crippen LogP contribution is 2.37. The van der Waals surface area contributed by atoms with Gasteiger partial charge in [0, 0.05) is 13.1 Å². The summed E-state index contributed by atoms with van der Waals surface area (Å²) in [5.41, 5.74) is 0.991. The molecule has 1 amide bonds. The van der Waals surface area contributed by atoms with Crippen molar-refractivity contribution in [3.63, 3.8) is 0 Å². The molecule has 1 N–H and O–H groups in total. The van der Waals surface area contributed by atoms with Crippen LogP contribution in [0.3, 0.4) is 0 Å². The van der Waals surface area contributed by atoms with Gasteiger partial charge in [-0.05, 0) is 63.7 Å². The molecule has 3 heterocycles. The molecule has 1 aromatic rings. The van der Waals surface area contributed by atoms with Gasteiger partial charge in [-0.1, -0.05) is 0 Å². The van der Waals surface area contributed by atoms with Crippen molar-refractivity contribution in [3.05, 3.63) is 21.9 Å². The minimum Gasteiger partial charge on any atom is -0.475 e. The summed E-state index contributed by atoms with van der Waals surface area (Å²) in [5.74, 6) is -2.57. The number of carbonyl (C=O) groups excluding carboxylic acids is 1. The van der Waals surface area contributed by atoms with E-state index < -0.39 is 12.1 Å². The topological polar surface area (TPSA) is 70.1 Å². The number of aliphatic carboxylic acids is 1. The van der Waals surface area contributed by atoms with Gasteiger partial charge in [-0.2, -0.15) is 13.2 Å². The molecular weight excluding hydrogens is 409 g/mol. The second-order valence-electron chi connectivity index (χ2n) is 7.79. The Morgan fingerprint density at radius 2 is 2.03 bits per heavy atom. The first-order valence-electron chi connectivity index (χ1n) is 9.39. The van der Waals surface area contributed by atoms with Gasteiger partial charge in [0.15, 0.2) is 0 Å². The lowest BCUT2D eigenvalue weighted by Gasteiger charge is -2.39. The summed E-state index contributed by atoms with van der Waals surface area (Å²) in [6.45, 7) is 4.57. The summed E-state index contributed by atoms with van der Waals surface area (Å²) in [6.07, 6.45) is -0.365. The van der Waals surface area contributed by atoms with Crippen LogP contribution in [0.25, 0.3) is 0 Å². The Bertz CT molecular complexity index is 723. The van der Waals surface area contributed by atoms with E-state index in [2.05, 4.69) is 19.0 Å². The second kappa shape index (κ2) is 9.44. The lowest BCUT2D eigenvalue weighted by atomic mass is 9.90. The van der Waals surface area contributed by atoms with Crippen molar-refractivity contribution in [1.82, 2.24) is 9.80 Å².